The molecule has 0 atom stereocenters. The van der Waals surface area contributed by atoms with Gasteiger partial charge in [-0.15, -0.1) is 11.3 Å². The van der Waals surface area contributed by atoms with Crippen molar-refractivity contribution in [2.75, 3.05) is 6.54 Å². The van der Waals surface area contributed by atoms with Crippen LogP contribution in [0.3, 0.4) is 0 Å². The van der Waals surface area contributed by atoms with Crippen LogP contribution in [0.15, 0.2) is 29.6 Å². The van der Waals surface area contributed by atoms with Crippen LogP contribution in [-0.4, -0.2) is 11.5 Å². The Morgan fingerprint density at radius 1 is 1.31 bits per heavy atom. The zero-order chi connectivity index (χ0) is 11.4. The van der Waals surface area contributed by atoms with Gasteiger partial charge in [-0.25, -0.2) is 4.98 Å². The number of nitrogens with zero attached hydrogens (tertiary/aromatic N) is 1. The Morgan fingerprint density at radius 3 is 2.88 bits per heavy atom. The minimum atomic E-state index is 0.652. The number of aromatic nitrogens is 1. The molecule has 0 fully saturated rings. The van der Waals surface area contributed by atoms with Crippen molar-refractivity contribution < 1.29 is 0 Å². The molecule has 1 aromatic carbocycles. The molecule has 16 heavy (non-hydrogen) atoms. The summed E-state index contributed by atoms with van der Waals surface area (Å²) in [5, 5.41) is 3.98. The first-order chi connectivity index (χ1) is 7.79. The van der Waals surface area contributed by atoms with Gasteiger partial charge in [0.05, 0.1) is 10.7 Å². The Bertz CT molecular complexity index is 468. The van der Waals surface area contributed by atoms with Gasteiger partial charge in [0.25, 0.3) is 0 Å². The zero-order valence-corrected chi connectivity index (χ0v) is 10.4. The van der Waals surface area contributed by atoms with Crippen molar-refractivity contribution in [2.24, 2.45) is 5.73 Å². The number of benzene rings is 1. The molecular formula is C12H13ClN2S. The lowest BCUT2D eigenvalue weighted by molar-refractivity contribution is 0.936. The number of hydrogen-bond donors (Lipinski definition) is 1. The third kappa shape index (κ3) is 2.82. The third-order valence-electron chi connectivity index (χ3n) is 2.29. The van der Waals surface area contributed by atoms with Gasteiger partial charge in [0.1, 0.15) is 0 Å². The summed E-state index contributed by atoms with van der Waals surface area (Å²) in [5.41, 5.74) is 7.68. The standard InChI is InChI=1S/C12H13ClN2S/c13-11-4-2-1-3-9(11)7-10-8-16-12(15-10)5-6-14/h1-4,8H,5-7,14H2. The molecule has 0 radical (unpaired) electrons. The molecular weight excluding hydrogens is 240 g/mol. The highest BCUT2D eigenvalue weighted by atomic mass is 35.5. The van der Waals surface area contributed by atoms with Crippen LogP contribution >= 0.6 is 22.9 Å². The number of thiazole rings is 1. The molecule has 2 aromatic rings. The minimum absolute atomic E-state index is 0.652. The summed E-state index contributed by atoms with van der Waals surface area (Å²) in [6.45, 7) is 0.652. The van der Waals surface area contributed by atoms with E-state index in [1.807, 2.05) is 24.3 Å². The molecule has 0 spiro atoms. The molecule has 84 valence electrons. The Kier molecular flexibility index (Phi) is 3.93. The molecule has 2 nitrogen and oxygen atoms in total. The molecule has 0 unspecified atom stereocenters. The van der Waals surface area contributed by atoms with E-state index >= 15 is 0 Å². The molecule has 0 saturated carbocycles. The molecule has 1 heterocycles. The molecule has 4 heteroatoms. The predicted octanol–water partition coefficient (Wildman–Crippen LogP) is 2.89. The Balaban J connectivity index is 2.11. The average molecular weight is 253 g/mol. The van der Waals surface area contributed by atoms with Crippen molar-refractivity contribution in [3.8, 4) is 0 Å². The van der Waals surface area contributed by atoms with Gasteiger partial charge in [0.2, 0.25) is 0 Å². The SMILES string of the molecule is NCCc1nc(Cc2ccccc2Cl)cs1. The summed E-state index contributed by atoms with van der Waals surface area (Å²) in [6, 6.07) is 7.87. The van der Waals surface area contributed by atoms with E-state index in [4.69, 9.17) is 17.3 Å². The lowest BCUT2D eigenvalue weighted by atomic mass is 10.1. The molecule has 0 aliphatic carbocycles. The van der Waals surface area contributed by atoms with Crippen molar-refractivity contribution >= 4 is 22.9 Å². The normalized spacial score (nSPS) is 10.6. The van der Waals surface area contributed by atoms with E-state index in [1.165, 1.54) is 0 Å². The second-order valence-corrected chi connectivity index (χ2v) is 4.89. The number of hydrogen-bond acceptors (Lipinski definition) is 3. The fraction of sp³-hybridized carbons (Fsp3) is 0.250. The average Bonchev–Trinajstić information content (AvgIpc) is 2.70. The Morgan fingerprint density at radius 2 is 2.12 bits per heavy atom. The highest BCUT2D eigenvalue weighted by molar-refractivity contribution is 7.09. The van der Waals surface area contributed by atoms with Gasteiger partial charge < -0.3 is 5.73 Å². The fourth-order valence-electron chi connectivity index (χ4n) is 1.51. The van der Waals surface area contributed by atoms with E-state index in [-0.39, 0.29) is 0 Å². The van der Waals surface area contributed by atoms with Gasteiger partial charge in [-0.3, -0.25) is 0 Å². The first kappa shape index (κ1) is 11.6. The van der Waals surface area contributed by atoms with Gasteiger partial charge in [-0.1, -0.05) is 29.8 Å². The summed E-state index contributed by atoms with van der Waals surface area (Å²) in [6.07, 6.45) is 1.65. The van der Waals surface area contributed by atoms with E-state index < -0.39 is 0 Å². The van der Waals surface area contributed by atoms with Crippen molar-refractivity contribution in [2.45, 2.75) is 12.8 Å². The molecule has 2 N–H and O–H groups in total. The number of rotatable bonds is 4. The Hall–Kier alpha value is -0.900. The summed E-state index contributed by atoms with van der Waals surface area (Å²) in [7, 11) is 0. The highest BCUT2D eigenvalue weighted by Gasteiger charge is 2.04. The second-order valence-electron chi connectivity index (χ2n) is 3.54. The zero-order valence-electron chi connectivity index (χ0n) is 8.82. The first-order valence-electron chi connectivity index (χ1n) is 5.16. The smallest absolute Gasteiger partial charge is 0.0940 e. The topological polar surface area (TPSA) is 38.9 Å². The summed E-state index contributed by atoms with van der Waals surface area (Å²) < 4.78 is 0. The van der Waals surface area contributed by atoms with Crippen molar-refractivity contribution in [1.82, 2.24) is 4.98 Å². The number of nitrogens with two attached hydrogens (primary N) is 1. The van der Waals surface area contributed by atoms with E-state index in [2.05, 4.69) is 10.4 Å². The minimum Gasteiger partial charge on any atom is -0.330 e. The van der Waals surface area contributed by atoms with Crippen LogP contribution in [0.2, 0.25) is 5.02 Å². The monoisotopic (exact) mass is 252 g/mol. The van der Waals surface area contributed by atoms with Gasteiger partial charge in [0.15, 0.2) is 0 Å². The van der Waals surface area contributed by atoms with Crippen molar-refractivity contribution in [3.05, 3.63) is 50.9 Å². The number of halogens is 1. The summed E-state index contributed by atoms with van der Waals surface area (Å²) in [4.78, 5) is 4.52. The maximum atomic E-state index is 6.10. The van der Waals surface area contributed by atoms with Gasteiger partial charge in [-0.05, 0) is 18.2 Å². The molecule has 0 aliphatic rings. The Labute approximate surface area is 104 Å². The van der Waals surface area contributed by atoms with Gasteiger partial charge >= 0.3 is 0 Å². The van der Waals surface area contributed by atoms with E-state index in [1.54, 1.807) is 11.3 Å². The van der Waals surface area contributed by atoms with Crippen LogP contribution in [0.1, 0.15) is 16.3 Å². The lowest BCUT2D eigenvalue weighted by Crippen LogP contribution is -2.02. The molecule has 2 rings (SSSR count). The van der Waals surface area contributed by atoms with E-state index in [0.29, 0.717) is 6.54 Å². The lowest BCUT2D eigenvalue weighted by Gasteiger charge is -2.00. The molecule has 0 amide bonds. The van der Waals surface area contributed by atoms with Crippen LogP contribution in [0, 0.1) is 0 Å². The largest absolute Gasteiger partial charge is 0.330 e. The van der Waals surface area contributed by atoms with Crippen molar-refractivity contribution in [1.29, 1.82) is 0 Å². The van der Waals surface area contributed by atoms with Gasteiger partial charge in [0, 0.05) is 23.2 Å². The fourth-order valence-corrected chi connectivity index (χ4v) is 2.52. The van der Waals surface area contributed by atoms with E-state index in [0.717, 1.165) is 34.1 Å². The second kappa shape index (κ2) is 5.43. The van der Waals surface area contributed by atoms with E-state index in [9.17, 15) is 0 Å². The quantitative estimate of drug-likeness (QED) is 0.909. The summed E-state index contributed by atoms with van der Waals surface area (Å²) >= 11 is 7.76. The van der Waals surface area contributed by atoms with Crippen LogP contribution in [0.25, 0.3) is 0 Å². The first-order valence-corrected chi connectivity index (χ1v) is 6.42. The molecule has 0 bridgehead atoms. The molecule has 1 aromatic heterocycles. The highest BCUT2D eigenvalue weighted by Crippen LogP contribution is 2.20. The van der Waals surface area contributed by atoms with Gasteiger partial charge in [-0.2, -0.15) is 0 Å². The van der Waals surface area contributed by atoms with Crippen LogP contribution < -0.4 is 5.73 Å². The third-order valence-corrected chi connectivity index (χ3v) is 3.61. The maximum Gasteiger partial charge on any atom is 0.0940 e. The van der Waals surface area contributed by atoms with Crippen LogP contribution in [-0.2, 0) is 12.8 Å². The van der Waals surface area contributed by atoms with Crippen LogP contribution in [0.4, 0.5) is 0 Å². The maximum absolute atomic E-state index is 6.10. The predicted molar refractivity (Wildman–Crippen MR) is 69.1 cm³/mol. The molecule has 0 saturated heterocycles. The molecule has 0 aliphatic heterocycles. The summed E-state index contributed by atoms with van der Waals surface area (Å²) in [5.74, 6) is 0. The van der Waals surface area contributed by atoms with Crippen molar-refractivity contribution in [3.63, 3.8) is 0 Å². The van der Waals surface area contributed by atoms with Crippen LogP contribution in [0.5, 0.6) is 0 Å².